The number of nitrogens with zero attached hydrogens (tertiary/aromatic N) is 6. The average Bonchev–Trinajstić information content (AvgIpc) is 3.41. The van der Waals surface area contributed by atoms with Crippen molar-refractivity contribution in [2.75, 3.05) is 18.6 Å². The molecule has 194 valence electrons. The Morgan fingerprint density at radius 3 is 2.66 bits per heavy atom. The second-order valence-electron chi connectivity index (χ2n) is 8.14. The van der Waals surface area contributed by atoms with E-state index in [2.05, 4.69) is 15.5 Å². The molecular weight excluding hydrogens is 551 g/mol. The van der Waals surface area contributed by atoms with Crippen LogP contribution < -0.4 is 57.1 Å². The van der Waals surface area contributed by atoms with Gasteiger partial charge in [0.1, 0.15) is 24.2 Å². The number of allylic oxidation sites excluding steroid dienone is 2. The molecule has 0 saturated carbocycles. The number of nitrogens with one attached hydrogen (secondary N) is 1. The number of aromatic nitrogens is 4. The average molecular weight is 571 g/mol. The standard InChI is InChI=1S/C20H20N8O7S2.Na/c1-25-19(33)26-5-3-4-10(28(26)20(25)34)8-6-36-16-12(15(30)27(16)13(8)17(31)32)23-14(29)11(24-35-2)9-7-37-18(21)22-9;/h3-4,7,10,12,16H,5-6H2,1-2H3,(H2,21,22)(H,23,29)(H,31,32);/q;+1/p-1/b24-11-;/t10?,12-,16-;/m1./s1. The van der Waals surface area contributed by atoms with E-state index in [9.17, 15) is 29.1 Å². The summed E-state index contributed by atoms with van der Waals surface area (Å²) in [5, 5.41) is 19.4. The van der Waals surface area contributed by atoms with E-state index in [0.29, 0.717) is 0 Å². The maximum absolute atomic E-state index is 13.1. The molecule has 3 N–H and O–H groups in total. The van der Waals surface area contributed by atoms with Crippen LogP contribution in [0.25, 0.3) is 0 Å². The molecule has 1 unspecified atom stereocenters. The van der Waals surface area contributed by atoms with Gasteiger partial charge in [-0.15, -0.1) is 23.1 Å². The van der Waals surface area contributed by atoms with E-state index in [-0.39, 0.29) is 64.0 Å². The molecule has 2 amide bonds. The van der Waals surface area contributed by atoms with Gasteiger partial charge in [-0.25, -0.2) is 28.5 Å². The quantitative estimate of drug-likeness (QED) is 0.111. The van der Waals surface area contributed by atoms with E-state index >= 15 is 0 Å². The molecule has 0 spiro atoms. The molecule has 0 aromatic carbocycles. The first-order valence-corrected chi connectivity index (χ1v) is 12.7. The van der Waals surface area contributed by atoms with Gasteiger partial charge in [-0.05, 0) is 5.57 Å². The maximum Gasteiger partial charge on any atom is 1.00 e. The number of oxime groups is 1. The van der Waals surface area contributed by atoms with Gasteiger partial charge in [0.15, 0.2) is 10.8 Å². The fraction of sp³-hybridized carbons (Fsp3) is 0.350. The number of aliphatic carboxylic acids is 1. The van der Waals surface area contributed by atoms with Crippen LogP contribution in [-0.4, -0.2) is 71.6 Å². The van der Waals surface area contributed by atoms with Gasteiger partial charge < -0.3 is 25.8 Å². The van der Waals surface area contributed by atoms with Crippen LogP contribution in [0.15, 0.2) is 43.5 Å². The number of carbonyl (C=O) groups excluding carboxylic acids is 3. The number of hydrogen-bond donors (Lipinski definition) is 2. The van der Waals surface area contributed by atoms with Gasteiger partial charge in [0.25, 0.3) is 11.8 Å². The van der Waals surface area contributed by atoms with E-state index in [1.807, 2.05) is 0 Å². The van der Waals surface area contributed by atoms with Crippen molar-refractivity contribution in [1.29, 1.82) is 0 Å². The molecule has 15 nitrogen and oxygen atoms in total. The Kier molecular flexibility index (Phi) is 7.76. The Balaban J connectivity index is 0.00000336. The van der Waals surface area contributed by atoms with Crippen LogP contribution in [0.4, 0.5) is 5.13 Å². The number of amides is 2. The summed E-state index contributed by atoms with van der Waals surface area (Å²) in [6, 6.07) is -1.97. The van der Waals surface area contributed by atoms with Gasteiger partial charge in [-0.1, -0.05) is 17.3 Å². The van der Waals surface area contributed by atoms with Crippen LogP contribution in [0.3, 0.4) is 0 Å². The van der Waals surface area contributed by atoms with Gasteiger partial charge in [0, 0.05) is 18.2 Å². The number of fused-ring (bicyclic) bond motifs is 2. The minimum atomic E-state index is -1.62. The van der Waals surface area contributed by atoms with Crippen molar-refractivity contribution in [1.82, 2.24) is 29.1 Å². The SMILES string of the molecule is CO/N=C(\C(=O)N[C@@H]1C(=O)N2C(C(=O)[O-])=C(C3C=CCn4c(=O)n(C)c(=O)n43)CS[C@H]12)c1csc(N)n1.[Na+]. The zero-order valence-corrected chi connectivity index (χ0v) is 23.9. The first-order valence-electron chi connectivity index (χ1n) is 10.7. The normalized spacial score (nSPS) is 22.3. The molecular formula is C20H19N8NaO7S2. The van der Waals surface area contributed by atoms with Crippen LogP contribution in [0.2, 0.25) is 0 Å². The molecule has 1 fully saturated rings. The van der Waals surface area contributed by atoms with Crippen molar-refractivity contribution in [3.05, 3.63) is 55.5 Å². The Labute approximate surface area is 243 Å². The van der Waals surface area contributed by atoms with E-state index in [0.717, 1.165) is 25.5 Å². The summed E-state index contributed by atoms with van der Waals surface area (Å²) in [4.78, 5) is 73.1. The molecule has 0 aliphatic carbocycles. The zero-order chi connectivity index (χ0) is 26.6. The molecule has 2 aromatic rings. The summed E-state index contributed by atoms with van der Waals surface area (Å²) in [6.07, 6.45) is 3.25. The molecule has 0 radical (unpaired) electrons. The monoisotopic (exact) mass is 570 g/mol. The molecule has 0 bridgehead atoms. The maximum atomic E-state index is 13.1. The smallest absolute Gasteiger partial charge is 0.543 e. The van der Waals surface area contributed by atoms with Crippen molar-refractivity contribution < 1.29 is 53.9 Å². The third-order valence-corrected chi connectivity index (χ3v) is 8.08. The van der Waals surface area contributed by atoms with Crippen LogP contribution in [0.5, 0.6) is 0 Å². The topological polar surface area (TPSA) is 199 Å². The molecule has 2 aromatic heterocycles. The number of hydrogen-bond acceptors (Lipinski definition) is 12. The fourth-order valence-electron chi connectivity index (χ4n) is 4.43. The van der Waals surface area contributed by atoms with Gasteiger partial charge in [0.05, 0.1) is 24.3 Å². The van der Waals surface area contributed by atoms with Crippen LogP contribution in [0, 0.1) is 0 Å². The molecule has 18 heteroatoms. The van der Waals surface area contributed by atoms with E-state index < -0.39 is 52.3 Å². The van der Waals surface area contributed by atoms with Crippen molar-refractivity contribution in [3.63, 3.8) is 0 Å². The summed E-state index contributed by atoms with van der Waals surface area (Å²) < 4.78 is 3.29. The van der Waals surface area contributed by atoms with Gasteiger partial charge in [0.2, 0.25) is 0 Å². The number of thiazole rings is 1. The Morgan fingerprint density at radius 2 is 2.03 bits per heavy atom. The predicted octanol–water partition coefficient (Wildman–Crippen LogP) is -6.04. The molecule has 5 rings (SSSR count). The summed E-state index contributed by atoms with van der Waals surface area (Å²) >= 11 is 2.29. The number of nitrogens with two attached hydrogens (primary N) is 1. The van der Waals surface area contributed by atoms with Crippen molar-refractivity contribution in [2.24, 2.45) is 12.2 Å². The number of β-lactam (4-membered cyclic amide) rings is 1. The number of anilines is 1. The molecule has 1 saturated heterocycles. The number of nitrogen functional groups attached to an aromatic ring is 1. The molecule has 3 aliphatic heterocycles. The van der Waals surface area contributed by atoms with Gasteiger partial charge >= 0.3 is 40.9 Å². The molecule has 3 aliphatic rings. The fourth-order valence-corrected chi connectivity index (χ4v) is 6.38. The van der Waals surface area contributed by atoms with E-state index in [1.165, 1.54) is 36.0 Å². The minimum absolute atomic E-state index is 0. The third-order valence-electron chi connectivity index (χ3n) is 6.11. The van der Waals surface area contributed by atoms with Crippen LogP contribution in [-0.2, 0) is 32.8 Å². The number of carboxylic acids is 1. The van der Waals surface area contributed by atoms with E-state index in [4.69, 9.17) is 10.6 Å². The third kappa shape index (κ3) is 4.33. The number of carboxylic acid groups (broad SMARTS) is 1. The second-order valence-corrected chi connectivity index (χ2v) is 10.1. The number of thioether (sulfide) groups is 1. The van der Waals surface area contributed by atoms with Crippen LogP contribution >= 0.6 is 23.1 Å². The summed E-state index contributed by atoms with van der Waals surface area (Å²) in [5.41, 5.74) is 4.24. The minimum Gasteiger partial charge on any atom is -0.543 e. The van der Waals surface area contributed by atoms with Gasteiger partial charge in [-0.2, -0.15) is 0 Å². The molecule has 3 atom stereocenters. The molecule has 5 heterocycles. The van der Waals surface area contributed by atoms with Crippen LogP contribution in [0.1, 0.15) is 11.7 Å². The Morgan fingerprint density at radius 1 is 1.29 bits per heavy atom. The number of rotatable bonds is 6. The first-order chi connectivity index (χ1) is 17.6. The second kappa shape index (κ2) is 10.6. The number of carbonyl (C=O) groups is 3. The predicted molar refractivity (Wildman–Crippen MR) is 129 cm³/mol. The largest absolute Gasteiger partial charge is 1.00 e. The van der Waals surface area contributed by atoms with Gasteiger partial charge in [-0.3, -0.25) is 14.5 Å². The van der Waals surface area contributed by atoms with Crippen molar-refractivity contribution in [3.8, 4) is 0 Å². The molecule has 38 heavy (non-hydrogen) atoms. The Bertz CT molecular complexity index is 1550. The van der Waals surface area contributed by atoms with E-state index in [1.54, 1.807) is 12.2 Å². The first kappa shape index (κ1) is 27.9. The summed E-state index contributed by atoms with van der Waals surface area (Å²) in [7, 11) is 2.57. The summed E-state index contributed by atoms with van der Waals surface area (Å²) in [5.74, 6) is -2.97. The van der Waals surface area contributed by atoms with Crippen molar-refractivity contribution >= 4 is 51.7 Å². The zero-order valence-electron chi connectivity index (χ0n) is 20.3. The van der Waals surface area contributed by atoms with Crippen molar-refractivity contribution in [2.45, 2.75) is 24.0 Å². The summed E-state index contributed by atoms with van der Waals surface area (Å²) in [6.45, 7) is 0.141. The Hall–Kier alpha value is -3.12.